The Balaban J connectivity index is 2.08. The summed E-state index contributed by atoms with van der Waals surface area (Å²) in [6, 6.07) is 8.07. The van der Waals surface area contributed by atoms with Crippen LogP contribution in [0.25, 0.3) is 10.8 Å². The number of aromatic nitrogens is 1. The smallest absolute Gasteiger partial charge is 0.0824 e. The maximum Gasteiger partial charge on any atom is 0.0824 e. The molecule has 1 aromatic heterocycles. The Morgan fingerprint density at radius 2 is 2.12 bits per heavy atom. The minimum absolute atomic E-state index is 0.306. The molecule has 82 valence electrons. The van der Waals surface area contributed by atoms with Gasteiger partial charge < -0.3 is 5.11 Å². The molecule has 0 aliphatic heterocycles. The van der Waals surface area contributed by atoms with E-state index in [4.69, 9.17) is 0 Å². The minimum Gasteiger partial charge on any atom is -0.388 e. The first-order valence-corrected chi connectivity index (χ1v) is 5.87. The van der Waals surface area contributed by atoms with E-state index in [2.05, 4.69) is 4.98 Å². The topological polar surface area (TPSA) is 33.1 Å². The van der Waals surface area contributed by atoms with E-state index in [1.165, 1.54) is 6.42 Å². The Morgan fingerprint density at radius 1 is 1.25 bits per heavy atom. The van der Waals surface area contributed by atoms with E-state index in [1.807, 2.05) is 30.5 Å². The molecule has 1 atom stereocenters. The SMILES string of the molecule is OC(c1cccc2cnccc12)C1CCC1. The number of nitrogens with zero attached hydrogens (tertiary/aromatic N) is 1. The Kier molecular flexibility index (Phi) is 2.37. The number of aliphatic hydroxyl groups is 1. The third kappa shape index (κ3) is 1.50. The molecule has 16 heavy (non-hydrogen) atoms. The molecule has 0 saturated heterocycles. The first kappa shape index (κ1) is 9.79. The minimum atomic E-state index is -0.306. The van der Waals surface area contributed by atoms with Gasteiger partial charge in [-0.25, -0.2) is 0 Å². The summed E-state index contributed by atoms with van der Waals surface area (Å²) >= 11 is 0. The number of benzene rings is 1. The van der Waals surface area contributed by atoms with Gasteiger partial charge in [0.2, 0.25) is 0 Å². The van der Waals surface area contributed by atoms with Crippen molar-refractivity contribution in [3.05, 3.63) is 42.2 Å². The van der Waals surface area contributed by atoms with Crippen LogP contribution < -0.4 is 0 Å². The molecule has 0 bridgehead atoms. The van der Waals surface area contributed by atoms with Crippen molar-refractivity contribution in [1.29, 1.82) is 0 Å². The molecule has 0 radical (unpaired) electrons. The molecule has 1 fully saturated rings. The number of aliphatic hydroxyl groups excluding tert-OH is 1. The Morgan fingerprint density at radius 3 is 2.88 bits per heavy atom. The zero-order valence-electron chi connectivity index (χ0n) is 9.13. The summed E-state index contributed by atoms with van der Waals surface area (Å²) < 4.78 is 0. The van der Waals surface area contributed by atoms with Crippen LogP contribution in [0.3, 0.4) is 0 Å². The second kappa shape index (κ2) is 3.87. The Bertz CT molecular complexity index is 500. The molecule has 1 aliphatic rings. The summed E-state index contributed by atoms with van der Waals surface area (Å²) in [5, 5.41) is 12.6. The molecule has 1 aromatic carbocycles. The molecule has 0 spiro atoms. The Hall–Kier alpha value is -1.41. The predicted molar refractivity (Wildman–Crippen MR) is 64.0 cm³/mol. The summed E-state index contributed by atoms with van der Waals surface area (Å²) in [4.78, 5) is 4.11. The van der Waals surface area contributed by atoms with Crippen molar-refractivity contribution in [2.75, 3.05) is 0 Å². The van der Waals surface area contributed by atoms with E-state index in [0.29, 0.717) is 5.92 Å². The van der Waals surface area contributed by atoms with Crippen molar-refractivity contribution in [2.24, 2.45) is 5.92 Å². The van der Waals surface area contributed by atoms with Crippen LogP contribution in [0.1, 0.15) is 30.9 Å². The van der Waals surface area contributed by atoms with Gasteiger partial charge in [-0.2, -0.15) is 0 Å². The van der Waals surface area contributed by atoms with Crippen LogP contribution in [0.5, 0.6) is 0 Å². The zero-order chi connectivity index (χ0) is 11.0. The lowest BCUT2D eigenvalue weighted by Gasteiger charge is -2.31. The summed E-state index contributed by atoms with van der Waals surface area (Å²) in [7, 11) is 0. The van der Waals surface area contributed by atoms with Crippen molar-refractivity contribution < 1.29 is 5.11 Å². The second-order valence-electron chi connectivity index (χ2n) is 4.58. The van der Waals surface area contributed by atoms with E-state index in [9.17, 15) is 5.11 Å². The van der Waals surface area contributed by atoms with Crippen molar-refractivity contribution in [3.63, 3.8) is 0 Å². The fourth-order valence-electron chi connectivity index (χ4n) is 2.42. The number of hydrogen-bond acceptors (Lipinski definition) is 2. The average molecular weight is 213 g/mol. The van der Waals surface area contributed by atoms with Crippen LogP contribution in [0, 0.1) is 5.92 Å². The van der Waals surface area contributed by atoms with E-state index < -0.39 is 0 Å². The third-order valence-electron chi connectivity index (χ3n) is 3.63. The number of hydrogen-bond donors (Lipinski definition) is 1. The van der Waals surface area contributed by atoms with Gasteiger partial charge in [0.05, 0.1) is 6.10 Å². The standard InChI is InChI=1S/C14H15NO/c16-14(10-3-1-4-10)13-6-2-5-11-9-15-8-7-12(11)13/h2,5-10,14,16H,1,3-4H2. The molecule has 3 rings (SSSR count). The number of rotatable bonds is 2. The quantitative estimate of drug-likeness (QED) is 0.831. The molecule has 2 nitrogen and oxygen atoms in total. The van der Waals surface area contributed by atoms with E-state index in [1.54, 1.807) is 6.20 Å². The van der Waals surface area contributed by atoms with E-state index in [-0.39, 0.29) is 6.10 Å². The van der Waals surface area contributed by atoms with E-state index >= 15 is 0 Å². The highest BCUT2D eigenvalue weighted by Crippen LogP contribution is 2.39. The van der Waals surface area contributed by atoms with Crippen LogP contribution in [-0.4, -0.2) is 10.1 Å². The fraction of sp³-hybridized carbons (Fsp3) is 0.357. The second-order valence-corrected chi connectivity index (χ2v) is 4.58. The lowest BCUT2D eigenvalue weighted by molar-refractivity contribution is 0.0632. The molecule has 1 N–H and O–H groups in total. The van der Waals surface area contributed by atoms with Gasteiger partial charge in [0, 0.05) is 17.8 Å². The summed E-state index contributed by atoms with van der Waals surface area (Å²) in [6.45, 7) is 0. The van der Waals surface area contributed by atoms with Gasteiger partial charge in [-0.1, -0.05) is 24.6 Å². The molecule has 1 saturated carbocycles. The maximum absolute atomic E-state index is 10.3. The molecule has 2 heteroatoms. The average Bonchev–Trinajstić information content (AvgIpc) is 2.26. The van der Waals surface area contributed by atoms with Gasteiger partial charge in [-0.3, -0.25) is 4.98 Å². The van der Waals surface area contributed by atoms with E-state index in [0.717, 1.165) is 29.2 Å². The normalized spacial score (nSPS) is 18.3. The lowest BCUT2D eigenvalue weighted by atomic mass is 9.78. The van der Waals surface area contributed by atoms with Crippen LogP contribution in [-0.2, 0) is 0 Å². The number of fused-ring (bicyclic) bond motifs is 1. The lowest BCUT2D eigenvalue weighted by Crippen LogP contribution is -2.20. The summed E-state index contributed by atoms with van der Waals surface area (Å²) in [5.74, 6) is 0.457. The van der Waals surface area contributed by atoms with Crippen molar-refractivity contribution in [1.82, 2.24) is 4.98 Å². The largest absolute Gasteiger partial charge is 0.388 e. The highest BCUT2D eigenvalue weighted by Gasteiger charge is 2.27. The molecule has 1 unspecified atom stereocenters. The van der Waals surface area contributed by atoms with Gasteiger partial charge >= 0.3 is 0 Å². The van der Waals surface area contributed by atoms with Crippen molar-refractivity contribution >= 4 is 10.8 Å². The first-order chi connectivity index (χ1) is 7.86. The summed E-state index contributed by atoms with van der Waals surface area (Å²) in [5.41, 5.74) is 1.06. The van der Waals surface area contributed by atoms with Gasteiger partial charge in [-0.05, 0) is 35.8 Å². The fourth-order valence-corrected chi connectivity index (χ4v) is 2.42. The highest BCUT2D eigenvalue weighted by molar-refractivity contribution is 5.85. The zero-order valence-corrected chi connectivity index (χ0v) is 9.13. The highest BCUT2D eigenvalue weighted by atomic mass is 16.3. The summed E-state index contributed by atoms with van der Waals surface area (Å²) in [6.07, 6.45) is 6.91. The van der Waals surface area contributed by atoms with Gasteiger partial charge in [0.15, 0.2) is 0 Å². The van der Waals surface area contributed by atoms with Crippen LogP contribution in [0.4, 0.5) is 0 Å². The molecule has 1 heterocycles. The number of pyridine rings is 1. The van der Waals surface area contributed by atoms with Gasteiger partial charge in [-0.15, -0.1) is 0 Å². The molecule has 1 aliphatic carbocycles. The molecular formula is C14H15NO. The monoisotopic (exact) mass is 213 g/mol. The van der Waals surface area contributed by atoms with Crippen molar-refractivity contribution in [2.45, 2.75) is 25.4 Å². The molecule has 0 amide bonds. The predicted octanol–water partition coefficient (Wildman–Crippen LogP) is 3.07. The third-order valence-corrected chi connectivity index (χ3v) is 3.63. The maximum atomic E-state index is 10.3. The van der Waals surface area contributed by atoms with Gasteiger partial charge in [0.25, 0.3) is 0 Å². The first-order valence-electron chi connectivity index (χ1n) is 5.87. The van der Waals surface area contributed by atoms with Crippen molar-refractivity contribution in [3.8, 4) is 0 Å². The van der Waals surface area contributed by atoms with Crippen LogP contribution >= 0.6 is 0 Å². The Labute approximate surface area is 94.9 Å². The van der Waals surface area contributed by atoms with Crippen LogP contribution in [0.15, 0.2) is 36.7 Å². The van der Waals surface area contributed by atoms with Gasteiger partial charge in [0.1, 0.15) is 0 Å². The van der Waals surface area contributed by atoms with Crippen LogP contribution in [0.2, 0.25) is 0 Å². The molecular weight excluding hydrogens is 198 g/mol. The molecule has 2 aromatic rings.